The van der Waals surface area contributed by atoms with E-state index in [0.717, 1.165) is 15.6 Å². The SMILES string of the molecule is CCN(c1cccc(C)c1)S(=O)(=O)c1cc(Br)ccc1C. The minimum Gasteiger partial charge on any atom is -0.267 e. The van der Waals surface area contributed by atoms with Crippen molar-refractivity contribution in [3.8, 4) is 0 Å². The van der Waals surface area contributed by atoms with Gasteiger partial charge in [0.25, 0.3) is 10.0 Å². The molecule has 0 unspecified atom stereocenters. The van der Waals surface area contributed by atoms with Gasteiger partial charge in [-0.1, -0.05) is 34.1 Å². The molecule has 0 aliphatic heterocycles. The quantitative estimate of drug-likeness (QED) is 0.808. The molecule has 0 atom stereocenters. The van der Waals surface area contributed by atoms with Crippen LogP contribution in [0.5, 0.6) is 0 Å². The average molecular weight is 368 g/mol. The van der Waals surface area contributed by atoms with Crippen LogP contribution in [-0.4, -0.2) is 15.0 Å². The molecule has 0 aliphatic carbocycles. The fourth-order valence-corrected chi connectivity index (χ4v) is 4.48. The number of hydrogen-bond acceptors (Lipinski definition) is 2. The standard InChI is InChI=1S/C16H18BrNO2S/c1-4-18(15-7-5-6-12(2)10-15)21(19,20)16-11-14(17)9-8-13(16)3/h5-11H,4H2,1-3H3. The molecule has 0 radical (unpaired) electrons. The van der Waals surface area contributed by atoms with Crippen LogP contribution in [0.1, 0.15) is 18.1 Å². The van der Waals surface area contributed by atoms with Gasteiger partial charge in [0.05, 0.1) is 10.6 Å². The highest BCUT2D eigenvalue weighted by molar-refractivity contribution is 9.10. The van der Waals surface area contributed by atoms with Gasteiger partial charge in [0, 0.05) is 11.0 Å². The van der Waals surface area contributed by atoms with Crippen molar-refractivity contribution in [2.45, 2.75) is 25.7 Å². The lowest BCUT2D eigenvalue weighted by Crippen LogP contribution is -2.31. The average Bonchev–Trinajstić information content (AvgIpc) is 2.42. The summed E-state index contributed by atoms with van der Waals surface area (Å²) in [4.78, 5) is 0.334. The summed E-state index contributed by atoms with van der Waals surface area (Å²) >= 11 is 3.34. The Kier molecular flexibility index (Phi) is 4.74. The summed E-state index contributed by atoms with van der Waals surface area (Å²) in [6.45, 7) is 5.99. The molecule has 0 bridgehead atoms. The first kappa shape index (κ1) is 16.0. The summed E-state index contributed by atoms with van der Waals surface area (Å²) < 4.78 is 28.1. The molecule has 21 heavy (non-hydrogen) atoms. The monoisotopic (exact) mass is 367 g/mol. The first-order chi connectivity index (χ1) is 9.86. The number of hydrogen-bond donors (Lipinski definition) is 0. The number of halogens is 1. The minimum atomic E-state index is -3.57. The van der Waals surface area contributed by atoms with Crippen LogP contribution in [-0.2, 0) is 10.0 Å². The number of anilines is 1. The summed E-state index contributed by atoms with van der Waals surface area (Å²) in [5.74, 6) is 0. The molecule has 0 fully saturated rings. The molecule has 0 saturated heterocycles. The maximum Gasteiger partial charge on any atom is 0.264 e. The topological polar surface area (TPSA) is 37.4 Å². The van der Waals surface area contributed by atoms with Crippen LogP contribution in [0, 0.1) is 13.8 Å². The van der Waals surface area contributed by atoms with E-state index in [1.165, 1.54) is 4.31 Å². The molecule has 0 aromatic heterocycles. The van der Waals surface area contributed by atoms with Gasteiger partial charge in [-0.05, 0) is 56.2 Å². The number of nitrogens with zero attached hydrogens (tertiary/aromatic N) is 1. The molecule has 0 N–H and O–H groups in total. The molecule has 0 heterocycles. The molecule has 3 nitrogen and oxygen atoms in total. The molecule has 5 heteroatoms. The molecule has 2 aromatic rings. The third kappa shape index (κ3) is 3.30. The number of rotatable bonds is 4. The Morgan fingerprint density at radius 3 is 2.43 bits per heavy atom. The van der Waals surface area contributed by atoms with E-state index < -0.39 is 10.0 Å². The fourth-order valence-electron chi connectivity index (χ4n) is 2.24. The van der Waals surface area contributed by atoms with Crippen molar-refractivity contribution >= 4 is 31.6 Å². The van der Waals surface area contributed by atoms with Gasteiger partial charge in [-0.2, -0.15) is 0 Å². The summed E-state index contributed by atoms with van der Waals surface area (Å²) in [5, 5.41) is 0. The summed E-state index contributed by atoms with van der Waals surface area (Å²) in [7, 11) is -3.57. The highest BCUT2D eigenvalue weighted by atomic mass is 79.9. The van der Waals surface area contributed by atoms with Gasteiger partial charge < -0.3 is 0 Å². The zero-order chi connectivity index (χ0) is 15.6. The number of benzene rings is 2. The van der Waals surface area contributed by atoms with Crippen molar-refractivity contribution in [3.05, 3.63) is 58.1 Å². The van der Waals surface area contributed by atoms with Crippen LogP contribution in [0.3, 0.4) is 0 Å². The van der Waals surface area contributed by atoms with Crippen LogP contribution < -0.4 is 4.31 Å². The fraction of sp³-hybridized carbons (Fsp3) is 0.250. The highest BCUT2D eigenvalue weighted by Crippen LogP contribution is 2.28. The van der Waals surface area contributed by atoms with Crippen molar-refractivity contribution in [2.24, 2.45) is 0 Å². The van der Waals surface area contributed by atoms with Gasteiger partial charge >= 0.3 is 0 Å². The summed E-state index contributed by atoms with van der Waals surface area (Å²) in [6.07, 6.45) is 0. The predicted octanol–water partition coefficient (Wildman–Crippen LogP) is 4.28. The third-order valence-corrected chi connectivity index (χ3v) is 5.83. The molecule has 0 amide bonds. The second-order valence-corrected chi connectivity index (χ2v) is 7.67. The number of aryl methyl sites for hydroxylation is 2. The van der Waals surface area contributed by atoms with E-state index in [0.29, 0.717) is 17.1 Å². The lowest BCUT2D eigenvalue weighted by Gasteiger charge is -2.24. The summed E-state index contributed by atoms with van der Waals surface area (Å²) in [6, 6.07) is 12.8. The molecular weight excluding hydrogens is 350 g/mol. The van der Waals surface area contributed by atoms with E-state index in [-0.39, 0.29) is 0 Å². The highest BCUT2D eigenvalue weighted by Gasteiger charge is 2.25. The minimum absolute atomic E-state index is 0.334. The largest absolute Gasteiger partial charge is 0.267 e. The van der Waals surface area contributed by atoms with Crippen molar-refractivity contribution in [2.75, 3.05) is 10.8 Å². The van der Waals surface area contributed by atoms with Crippen molar-refractivity contribution < 1.29 is 8.42 Å². The van der Waals surface area contributed by atoms with Crippen molar-refractivity contribution in [3.63, 3.8) is 0 Å². The Morgan fingerprint density at radius 1 is 1.10 bits per heavy atom. The first-order valence-corrected chi connectivity index (χ1v) is 8.95. The second kappa shape index (κ2) is 6.20. The normalized spacial score (nSPS) is 11.4. The van der Waals surface area contributed by atoms with Crippen LogP contribution in [0.2, 0.25) is 0 Å². The van der Waals surface area contributed by atoms with Gasteiger partial charge in [0.1, 0.15) is 0 Å². The maximum atomic E-state index is 13.0. The van der Waals surface area contributed by atoms with E-state index >= 15 is 0 Å². The third-order valence-electron chi connectivity index (χ3n) is 3.30. The summed E-state index contributed by atoms with van der Waals surface area (Å²) in [5.41, 5.74) is 2.47. The Morgan fingerprint density at radius 2 is 1.81 bits per heavy atom. The van der Waals surface area contributed by atoms with Gasteiger partial charge in [0.15, 0.2) is 0 Å². The smallest absolute Gasteiger partial charge is 0.264 e. The molecule has 112 valence electrons. The van der Waals surface area contributed by atoms with E-state index in [9.17, 15) is 8.42 Å². The van der Waals surface area contributed by atoms with Crippen LogP contribution in [0.15, 0.2) is 51.8 Å². The first-order valence-electron chi connectivity index (χ1n) is 6.72. The van der Waals surface area contributed by atoms with Gasteiger partial charge in [-0.25, -0.2) is 8.42 Å². The second-order valence-electron chi connectivity index (χ2n) is 4.92. The number of sulfonamides is 1. The Labute approximate surface area is 134 Å². The lowest BCUT2D eigenvalue weighted by molar-refractivity contribution is 0.591. The van der Waals surface area contributed by atoms with Crippen LogP contribution in [0.25, 0.3) is 0 Å². The van der Waals surface area contributed by atoms with E-state index in [1.54, 1.807) is 12.1 Å². The molecule has 2 aromatic carbocycles. The van der Waals surface area contributed by atoms with Crippen molar-refractivity contribution in [1.29, 1.82) is 0 Å². The molecule has 0 spiro atoms. The Bertz CT molecular complexity index is 757. The molecule has 0 saturated carbocycles. The van der Waals surface area contributed by atoms with E-state index in [4.69, 9.17) is 0 Å². The van der Waals surface area contributed by atoms with Gasteiger partial charge in [0.2, 0.25) is 0 Å². The zero-order valence-electron chi connectivity index (χ0n) is 12.3. The van der Waals surface area contributed by atoms with Gasteiger partial charge in [-0.15, -0.1) is 0 Å². The Balaban J connectivity index is 2.57. The zero-order valence-corrected chi connectivity index (χ0v) is 14.7. The molecular formula is C16H18BrNO2S. The molecule has 0 aliphatic rings. The Hall–Kier alpha value is -1.33. The van der Waals surface area contributed by atoms with Crippen molar-refractivity contribution in [1.82, 2.24) is 0 Å². The van der Waals surface area contributed by atoms with Crippen LogP contribution in [0.4, 0.5) is 5.69 Å². The predicted molar refractivity (Wildman–Crippen MR) is 90.3 cm³/mol. The van der Waals surface area contributed by atoms with E-state index in [1.807, 2.05) is 51.1 Å². The maximum absolute atomic E-state index is 13.0. The van der Waals surface area contributed by atoms with E-state index in [2.05, 4.69) is 15.9 Å². The van der Waals surface area contributed by atoms with Crippen LogP contribution >= 0.6 is 15.9 Å². The molecule has 2 rings (SSSR count). The lowest BCUT2D eigenvalue weighted by atomic mass is 10.2. The van der Waals surface area contributed by atoms with Gasteiger partial charge in [-0.3, -0.25) is 4.31 Å².